The van der Waals surface area contributed by atoms with Gasteiger partial charge in [0, 0.05) is 4.88 Å². The highest BCUT2D eigenvalue weighted by molar-refractivity contribution is 7.10. The highest BCUT2D eigenvalue weighted by Gasteiger charge is 2.25. The highest BCUT2D eigenvalue weighted by Crippen LogP contribution is 2.26. The van der Waals surface area contributed by atoms with Crippen LogP contribution in [0, 0.1) is 5.92 Å². The van der Waals surface area contributed by atoms with Crippen LogP contribution >= 0.6 is 11.3 Å². The van der Waals surface area contributed by atoms with Gasteiger partial charge in [-0.1, -0.05) is 32.0 Å². The molecule has 0 aliphatic rings. The number of thiophene rings is 1. The summed E-state index contributed by atoms with van der Waals surface area (Å²) in [4.78, 5) is 13.6. The van der Waals surface area contributed by atoms with Crippen molar-refractivity contribution in [3.63, 3.8) is 0 Å². The van der Waals surface area contributed by atoms with E-state index in [-0.39, 0.29) is 11.9 Å². The van der Waals surface area contributed by atoms with Crippen molar-refractivity contribution < 1.29 is 14.6 Å². The predicted molar refractivity (Wildman–Crippen MR) is 92.6 cm³/mol. The topological polar surface area (TPSA) is 58.6 Å². The zero-order valence-electron chi connectivity index (χ0n) is 13.7. The van der Waals surface area contributed by atoms with Crippen molar-refractivity contribution in [2.24, 2.45) is 5.92 Å². The molecule has 2 N–H and O–H groups in total. The van der Waals surface area contributed by atoms with Crippen molar-refractivity contribution in [3.05, 3.63) is 52.2 Å². The van der Waals surface area contributed by atoms with E-state index in [1.54, 1.807) is 49.6 Å². The van der Waals surface area contributed by atoms with E-state index in [1.165, 1.54) is 0 Å². The van der Waals surface area contributed by atoms with E-state index in [0.717, 1.165) is 17.0 Å². The summed E-state index contributed by atoms with van der Waals surface area (Å²) < 4.78 is 5.11. The first-order chi connectivity index (χ1) is 11.1. The number of methoxy groups -OCH3 is 1. The molecule has 0 aliphatic heterocycles. The monoisotopic (exact) mass is 333 g/mol. The van der Waals surface area contributed by atoms with Crippen LogP contribution in [0.2, 0.25) is 0 Å². The Balaban J connectivity index is 2.02. The summed E-state index contributed by atoms with van der Waals surface area (Å²) in [5.41, 5.74) is 0.706. The number of aliphatic hydroxyl groups is 1. The fourth-order valence-electron chi connectivity index (χ4n) is 2.40. The second kappa shape index (κ2) is 8.13. The third-order valence-electron chi connectivity index (χ3n) is 3.96. The number of benzene rings is 1. The minimum atomic E-state index is -0.846. The van der Waals surface area contributed by atoms with Crippen molar-refractivity contribution in [1.82, 2.24) is 5.32 Å². The zero-order chi connectivity index (χ0) is 16.8. The molecule has 124 valence electrons. The highest BCUT2D eigenvalue weighted by atomic mass is 32.1. The molecule has 1 aromatic heterocycles. The SMILES string of the molecule is CC[C@H](NC(=O)[C@@H](C)[C@@H](O)c1ccc(OC)cc1)c1cccs1. The maximum Gasteiger partial charge on any atom is 0.226 e. The second-order valence-corrected chi connectivity index (χ2v) is 6.47. The minimum absolute atomic E-state index is 0.00647. The summed E-state index contributed by atoms with van der Waals surface area (Å²) in [5, 5.41) is 15.5. The molecule has 0 unspecified atom stereocenters. The molecule has 0 saturated carbocycles. The van der Waals surface area contributed by atoms with Gasteiger partial charge < -0.3 is 15.2 Å². The molecule has 0 spiro atoms. The molecule has 1 amide bonds. The molecule has 5 heteroatoms. The van der Waals surface area contributed by atoms with Crippen LogP contribution < -0.4 is 10.1 Å². The Morgan fingerprint density at radius 1 is 1.30 bits per heavy atom. The van der Waals surface area contributed by atoms with Crippen LogP contribution in [-0.2, 0) is 4.79 Å². The Morgan fingerprint density at radius 3 is 2.52 bits per heavy atom. The van der Waals surface area contributed by atoms with Gasteiger partial charge in [-0.05, 0) is 35.6 Å². The molecule has 2 rings (SSSR count). The van der Waals surface area contributed by atoms with Gasteiger partial charge in [0.05, 0.1) is 25.2 Å². The fraction of sp³-hybridized carbons (Fsp3) is 0.389. The molecular weight excluding hydrogens is 310 g/mol. The van der Waals surface area contributed by atoms with Crippen LogP contribution in [0.1, 0.15) is 42.9 Å². The number of rotatable bonds is 7. The van der Waals surface area contributed by atoms with E-state index in [2.05, 4.69) is 5.32 Å². The number of carbonyl (C=O) groups is 1. The lowest BCUT2D eigenvalue weighted by atomic mass is 9.96. The largest absolute Gasteiger partial charge is 0.497 e. The van der Waals surface area contributed by atoms with Crippen LogP contribution in [0.15, 0.2) is 41.8 Å². The lowest BCUT2D eigenvalue weighted by Gasteiger charge is -2.22. The fourth-order valence-corrected chi connectivity index (χ4v) is 3.26. The van der Waals surface area contributed by atoms with Gasteiger partial charge in [-0.3, -0.25) is 4.79 Å². The molecule has 3 atom stereocenters. The molecule has 1 heterocycles. The summed E-state index contributed by atoms with van der Waals surface area (Å²) in [5.74, 6) is 0.0489. The molecule has 0 radical (unpaired) electrons. The van der Waals surface area contributed by atoms with Crippen LogP contribution in [0.3, 0.4) is 0 Å². The predicted octanol–water partition coefficient (Wildman–Crippen LogP) is 3.69. The molecule has 2 aromatic rings. The van der Waals surface area contributed by atoms with E-state index in [1.807, 2.05) is 24.4 Å². The van der Waals surface area contributed by atoms with Gasteiger partial charge in [0.1, 0.15) is 5.75 Å². The van der Waals surface area contributed by atoms with E-state index < -0.39 is 12.0 Å². The standard InChI is InChI=1S/C18H23NO3S/c1-4-15(16-6-5-11-23-16)19-18(21)12(2)17(20)13-7-9-14(22-3)10-8-13/h5-12,15,17,20H,4H2,1-3H3,(H,19,21)/t12-,15-,17+/m0/s1. The molecule has 0 fully saturated rings. The van der Waals surface area contributed by atoms with Crippen molar-refractivity contribution in [3.8, 4) is 5.75 Å². The Hall–Kier alpha value is -1.85. The van der Waals surface area contributed by atoms with Crippen LogP contribution in [0.25, 0.3) is 0 Å². The van der Waals surface area contributed by atoms with E-state index in [9.17, 15) is 9.90 Å². The molecule has 0 bridgehead atoms. The molecule has 23 heavy (non-hydrogen) atoms. The van der Waals surface area contributed by atoms with E-state index in [4.69, 9.17) is 4.74 Å². The van der Waals surface area contributed by atoms with Gasteiger partial charge in [-0.2, -0.15) is 0 Å². The van der Waals surface area contributed by atoms with Crippen LogP contribution in [0.5, 0.6) is 5.75 Å². The van der Waals surface area contributed by atoms with Gasteiger partial charge in [-0.25, -0.2) is 0 Å². The van der Waals surface area contributed by atoms with Gasteiger partial charge in [0.2, 0.25) is 5.91 Å². The number of nitrogens with one attached hydrogen (secondary N) is 1. The zero-order valence-corrected chi connectivity index (χ0v) is 14.5. The normalized spacial score (nSPS) is 14.8. The van der Waals surface area contributed by atoms with Crippen LogP contribution in [-0.4, -0.2) is 18.1 Å². The maximum absolute atomic E-state index is 12.5. The van der Waals surface area contributed by atoms with Gasteiger partial charge in [0.25, 0.3) is 0 Å². The van der Waals surface area contributed by atoms with Crippen molar-refractivity contribution in [2.75, 3.05) is 7.11 Å². The quantitative estimate of drug-likeness (QED) is 0.812. The first-order valence-electron chi connectivity index (χ1n) is 7.72. The summed E-state index contributed by atoms with van der Waals surface area (Å²) in [6.45, 7) is 3.78. The van der Waals surface area contributed by atoms with Gasteiger partial charge >= 0.3 is 0 Å². The second-order valence-electron chi connectivity index (χ2n) is 5.49. The third-order valence-corrected chi connectivity index (χ3v) is 4.94. The minimum Gasteiger partial charge on any atom is -0.497 e. The molecule has 0 aliphatic carbocycles. The summed E-state index contributed by atoms with van der Waals surface area (Å²) in [6.07, 6.45) is -0.0285. The molecular formula is C18H23NO3S. The third kappa shape index (κ3) is 4.33. The number of carbonyl (C=O) groups excluding carboxylic acids is 1. The summed E-state index contributed by atoms with van der Waals surface area (Å²) >= 11 is 1.63. The van der Waals surface area contributed by atoms with Crippen LogP contribution in [0.4, 0.5) is 0 Å². The lowest BCUT2D eigenvalue weighted by molar-refractivity contribution is -0.128. The number of amides is 1. The maximum atomic E-state index is 12.5. The van der Waals surface area contributed by atoms with Crippen molar-refractivity contribution in [1.29, 1.82) is 0 Å². The molecule has 1 aromatic carbocycles. The van der Waals surface area contributed by atoms with Gasteiger partial charge in [0.15, 0.2) is 0 Å². The Kier molecular flexibility index (Phi) is 6.19. The van der Waals surface area contributed by atoms with E-state index in [0.29, 0.717) is 5.56 Å². The first kappa shape index (κ1) is 17.5. The number of hydrogen-bond donors (Lipinski definition) is 2. The summed E-state index contributed by atoms with van der Waals surface area (Å²) in [6, 6.07) is 11.1. The smallest absolute Gasteiger partial charge is 0.226 e. The Morgan fingerprint density at radius 2 is 2.00 bits per heavy atom. The molecule has 0 saturated heterocycles. The number of ether oxygens (including phenoxy) is 1. The lowest BCUT2D eigenvalue weighted by Crippen LogP contribution is -2.35. The number of aliphatic hydroxyl groups excluding tert-OH is 1. The Labute approximate surface area is 141 Å². The first-order valence-corrected chi connectivity index (χ1v) is 8.60. The average molecular weight is 333 g/mol. The van der Waals surface area contributed by atoms with Crippen molar-refractivity contribution >= 4 is 17.2 Å². The average Bonchev–Trinajstić information content (AvgIpc) is 3.12. The molecule has 4 nitrogen and oxygen atoms in total. The van der Waals surface area contributed by atoms with Crippen molar-refractivity contribution in [2.45, 2.75) is 32.4 Å². The van der Waals surface area contributed by atoms with Gasteiger partial charge in [-0.15, -0.1) is 11.3 Å². The number of hydrogen-bond acceptors (Lipinski definition) is 4. The summed E-state index contributed by atoms with van der Waals surface area (Å²) in [7, 11) is 1.59. The Bertz CT molecular complexity index is 610. The van der Waals surface area contributed by atoms with E-state index >= 15 is 0 Å².